The van der Waals surface area contributed by atoms with Gasteiger partial charge in [-0.25, -0.2) is 0 Å². The molecule has 6 heteroatoms. The molecule has 158 valence electrons. The van der Waals surface area contributed by atoms with Gasteiger partial charge < -0.3 is 10.2 Å². The van der Waals surface area contributed by atoms with E-state index in [0.717, 1.165) is 28.1 Å². The van der Waals surface area contributed by atoms with Crippen LogP contribution in [0.1, 0.15) is 30.0 Å². The Labute approximate surface area is 186 Å². The Bertz CT molecular complexity index is 1050. The molecule has 1 aliphatic rings. The van der Waals surface area contributed by atoms with Crippen molar-refractivity contribution in [1.82, 2.24) is 9.88 Å². The Morgan fingerprint density at radius 3 is 2.48 bits per heavy atom. The number of aromatic nitrogens is 1. The molecule has 1 aromatic heterocycles. The second kappa shape index (κ2) is 9.79. The Morgan fingerprint density at radius 1 is 1.00 bits per heavy atom. The summed E-state index contributed by atoms with van der Waals surface area (Å²) in [7, 11) is 0. The second-order valence-electron chi connectivity index (χ2n) is 7.58. The van der Waals surface area contributed by atoms with Gasteiger partial charge in [-0.15, -0.1) is 11.8 Å². The fourth-order valence-electron chi connectivity index (χ4n) is 3.56. The van der Waals surface area contributed by atoms with E-state index in [2.05, 4.69) is 41.5 Å². The van der Waals surface area contributed by atoms with E-state index in [4.69, 9.17) is 0 Å². The molecule has 0 bridgehead atoms. The summed E-state index contributed by atoms with van der Waals surface area (Å²) < 4.78 is 0. The summed E-state index contributed by atoms with van der Waals surface area (Å²) in [5.74, 6) is -0.166. The van der Waals surface area contributed by atoms with Crippen LogP contribution in [0.25, 0.3) is 0 Å². The first-order valence-corrected chi connectivity index (χ1v) is 11.3. The maximum absolute atomic E-state index is 13.3. The number of pyridine rings is 1. The van der Waals surface area contributed by atoms with E-state index in [0.29, 0.717) is 13.1 Å². The minimum absolute atomic E-state index is 0.0459. The summed E-state index contributed by atoms with van der Waals surface area (Å²) >= 11 is 1.46. The molecule has 3 aromatic rings. The number of carbonyl (C=O) groups is 2. The van der Waals surface area contributed by atoms with Crippen LogP contribution in [0.3, 0.4) is 0 Å². The highest BCUT2D eigenvalue weighted by Gasteiger charge is 2.30. The zero-order valence-electron chi connectivity index (χ0n) is 17.5. The lowest BCUT2D eigenvalue weighted by molar-refractivity contribution is -0.133. The predicted molar refractivity (Wildman–Crippen MR) is 124 cm³/mol. The SMILES string of the molecule is CCc1ccc(CN(Cc2cccnc2)C(=O)CC2Sc3ccccc3NC2=O)cc1. The molecule has 31 heavy (non-hydrogen) atoms. The first-order valence-electron chi connectivity index (χ1n) is 10.4. The Kier molecular flexibility index (Phi) is 6.67. The lowest BCUT2D eigenvalue weighted by Gasteiger charge is -2.27. The Hall–Kier alpha value is -3.12. The van der Waals surface area contributed by atoms with E-state index >= 15 is 0 Å². The molecular weight excluding hydrogens is 406 g/mol. The van der Waals surface area contributed by atoms with Gasteiger partial charge in [0.25, 0.3) is 0 Å². The molecule has 0 fully saturated rings. The van der Waals surface area contributed by atoms with Crippen LogP contribution in [0, 0.1) is 0 Å². The molecule has 0 saturated heterocycles. The van der Waals surface area contributed by atoms with Crippen molar-refractivity contribution in [2.45, 2.75) is 43.0 Å². The quantitative estimate of drug-likeness (QED) is 0.590. The molecule has 4 rings (SSSR count). The lowest BCUT2D eigenvalue weighted by Crippen LogP contribution is -2.37. The van der Waals surface area contributed by atoms with Crippen molar-refractivity contribution in [1.29, 1.82) is 0 Å². The smallest absolute Gasteiger partial charge is 0.238 e. The average molecular weight is 432 g/mol. The molecule has 1 aliphatic heterocycles. The molecule has 5 nitrogen and oxygen atoms in total. The number of thioether (sulfide) groups is 1. The zero-order valence-corrected chi connectivity index (χ0v) is 18.3. The number of rotatable bonds is 7. The predicted octanol–water partition coefficient (Wildman–Crippen LogP) is 4.68. The Balaban J connectivity index is 1.51. The lowest BCUT2D eigenvalue weighted by atomic mass is 10.1. The van der Waals surface area contributed by atoms with Crippen LogP contribution in [0.15, 0.2) is 78.0 Å². The zero-order chi connectivity index (χ0) is 21.6. The van der Waals surface area contributed by atoms with Gasteiger partial charge in [-0.2, -0.15) is 0 Å². The summed E-state index contributed by atoms with van der Waals surface area (Å²) in [4.78, 5) is 32.9. The first kappa shape index (κ1) is 21.1. The number of amides is 2. The van der Waals surface area contributed by atoms with E-state index < -0.39 is 5.25 Å². The van der Waals surface area contributed by atoms with E-state index in [1.165, 1.54) is 17.3 Å². The molecular formula is C25H25N3O2S. The fraction of sp³-hybridized carbons (Fsp3) is 0.240. The van der Waals surface area contributed by atoms with Gasteiger partial charge in [0.05, 0.1) is 10.9 Å². The third-order valence-corrected chi connectivity index (χ3v) is 6.60. The van der Waals surface area contributed by atoms with E-state index in [1.54, 1.807) is 12.4 Å². The second-order valence-corrected chi connectivity index (χ2v) is 8.82. The number of hydrogen-bond donors (Lipinski definition) is 1. The van der Waals surface area contributed by atoms with Crippen LogP contribution in [0.2, 0.25) is 0 Å². The maximum Gasteiger partial charge on any atom is 0.238 e. The highest BCUT2D eigenvalue weighted by Crippen LogP contribution is 2.37. The molecule has 0 aliphatic carbocycles. The average Bonchev–Trinajstić information content (AvgIpc) is 2.80. The minimum Gasteiger partial charge on any atom is -0.334 e. The third kappa shape index (κ3) is 5.33. The minimum atomic E-state index is -0.443. The summed E-state index contributed by atoms with van der Waals surface area (Å²) in [6, 6.07) is 19.9. The molecule has 0 radical (unpaired) electrons. The highest BCUT2D eigenvalue weighted by molar-refractivity contribution is 8.01. The van der Waals surface area contributed by atoms with Crippen molar-refractivity contribution in [3.8, 4) is 0 Å². The standard InChI is InChI=1S/C25H25N3O2S/c1-2-18-9-11-19(12-10-18)16-28(17-20-6-5-13-26-15-20)24(29)14-23-25(30)27-21-7-3-4-8-22(21)31-23/h3-13,15,23H,2,14,16-17H2,1H3,(H,27,30). The number of nitrogens with zero attached hydrogens (tertiary/aromatic N) is 2. The van der Waals surface area contributed by atoms with Gasteiger partial charge in [-0.3, -0.25) is 14.6 Å². The number of anilines is 1. The fourth-order valence-corrected chi connectivity index (χ4v) is 4.66. The molecule has 1 unspecified atom stereocenters. The molecule has 2 heterocycles. The Morgan fingerprint density at radius 2 is 1.74 bits per heavy atom. The van der Waals surface area contributed by atoms with Gasteiger partial charge in [0.1, 0.15) is 0 Å². The van der Waals surface area contributed by atoms with Crippen molar-refractivity contribution < 1.29 is 9.59 Å². The van der Waals surface area contributed by atoms with Gasteiger partial charge in [-0.05, 0) is 41.3 Å². The molecule has 0 spiro atoms. The first-order chi connectivity index (χ1) is 15.1. The van der Waals surface area contributed by atoms with Crippen LogP contribution < -0.4 is 5.32 Å². The number of carbonyl (C=O) groups excluding carboxylic acids is 2. The van der Waals surface area contributed by atoms with Crippen LogP contribution in [0.4, 0.5) is 5.69 Å². The van der Waals surface area contributed by atoms with Crippen LogP contribution in [0.5, 0.6) is 0 Å². The number of fused-ring (bicyclic) bond motifs is 1. The largest absolute Gasteiger partial charge is 0.334 e. The highest BCUT2D eigenvalue weighted by atomic mass is 32.2. The van der Waals surface area contributed by atoms with Crippen molar-refractivity contribution in [2.24, 2.45) is 0 Å². The maximum atomic E-state index is 13.3. The molecule has 2 aromatic carbocycles. The van der Waals surface area contributed by atoms with Crippen LogP contribution >= 0.6 is 11.8 Å². The normalized spacial score (nSPS) is 15.1. The molecule has 1 N–H and O–H groups in total. The van der Waals surface area contributed by atoms with E-state index in [-0.39, 0.29) is 18.2 Å². The third-order valence-electron chi connectivity index (χ3n) is 5.32. The number of nitrogens with one attached hydrogen (secondary N) is 1. The van der Waals surface area contributed by atoms with Crippen molar-refractivity contribution in [3.05, 3.63) is 89.7 Å². The van der Waals surface area contributed by atoms with E-state index in [9.17, 15) is 9.59 Å². The summed E-state index contributed by atoms with van der Waals surface area (Å²) in [5, 5.41) is 2.48. The molecule has 1 atom stereocenters. The number of para-hydroxylation sites is 1. The summed E-state index contributed by atoms with van der Waals surface area (Å²) in [5.41, 5.74) is 4.11. The van der Waals surface area contributed by atoms with Crippen molar-refractivity contribution >= 4 is 29.3 Å². The van der Waals surface area contributed by atoms with Crippen molar-refractivity contribution in [3.63, 3.8) is 0 Å². The summed E-state index contributed by atoms with van der Waals surface area (Å²) in [6.45, 7) is 3.07. The summed E-state index contributed by atoms with van der Waals surface area (Å²) in [6.07, 6.45) is 4.63. The van der Waals surface area contributed by atoms with Crippen LogP contribution in [-0.4, -0.2) is 26.9 Å². The van der Waals surface area contributed by atoms with E-state index in [1.807, 2.05) is 41.3 Å². The molecule has 2 amide bonds. The van der Waals surface area contributed by atoms with Crippen LogP contribution in [-0.2, 0) is 29.1 Å². The topological polar surface area (TPSA) is 62.3 Å². The van der Waals surface area contributed by atoms with Crippen molar-refractivity contribution in [2.75, 3.05) is 5.32 Å². The monoisotopic (exact) mass is 431 g/mol. The van der Waals surface area contributed by atoms with Gasteiger partial charge in [0.15, 0.2) is 0 Å². The number of aryl methyl sites for hydroxylation is 1. The number of hydrogen-bond acceptors (Lipinski definition) is 4. The number of benzene rings is 2. The van der Waals surface area contributed by atoms with Gasteiger partial charge in [0.2, 0.25) is 11.8 Å². The van der Waals surface area contributed by atoms with Gasteiger partial charge in [0, 0.05) is 36.8 Å². The molecule has 0 saturated carbocycles. The van der Waals surface area contributed by atoms with Gasteiger partial charge in [-0.1, -0.05) is 49.4 Å². The van der Waals surface area contributed by atoms with Gasteiger partial charge >= 0.3 is 0 Å².